The number of rotatable bonds is 10. The number of methoxy groups -OCH3 is 1. The molecule has 0 unspecified atom stereocenters. The zero-order valence-electron chi connectivity index (χ0n) is 18.5. The Morgan fingerprint density at radius 2 is 2.06 bits per heavy atom. The number of ether oxygens (including phenoxy) is 3. The van der Waals surface area contributed by atoms with Crippen LogP contribution in [0.1, 0.15) is 18.9 Å². The normalized spacial score (nSPS) is 14.4. The molecule has 0 radical (unpaired) electrons. The van der Waals surface area contributed by atoms with Gasteiger partial charge in [0.25, 0.3) is 0 Å². The van der Waals surface area contributed by atoms with E-state index in [9.17, 15) is 0 Å². The lowest BCUT2D eigenvalue weighted by atomic mass is 10.2. The molecule has 0 amide bonds. The maximum absolute atomic E-state index is 5.80. The van der Waals surface area contributed by atoms with Crippen LogP contribution in [0.4, 0.5) is 11.5 Å². The molecule has 0 bridgehead atoms. The van der Waals surface area contributed by atoms with Crippen LogP contribution in [0.25, 0.3) is 0 Å². The third-order valence-corrected chi connectivity index (χ3v) is 4.79. The number of aliphatic imine (C=N–C) groups is 1. The number of guanidine groups is 1. The highest BCUT2D eigenvalue weighted by atomic mass is 16.5. The van der Waals surface area contributed by atoms with Gasteiger partial charge in [-0.25, -0.2) is 9.98 Å². The topological polar surface area (TPSA) is 80.2 Å². The molecule has 1 fully saturated rings. The molecular formula is C23H33N5O3. The van der Waals surface area contributed by atoms with Crippen LogP contribution in [-0.2, 0) is 16.0 Å². The molecule has 1 aliphatic heterocycles. The number of anilines is 2. The Hall–Kier alpha value is -2.84. The number of aromatic nitrogens is 1. The molecule has 0 saturated carbocycles. The summed E-state index contributed by atoms with van der Waals surface area (Å²) in [5.74, 6) is 2.52. The van der Waals surface area contributed by atoms with Crippen LogP contribution < -0.4 is 20.3 Å². The van der Waals surface area contributed by atoms with Gasteiger partial charge >= 0.3 is 0 Å². The summed E-state index contributed by atoms with van der Waals surface area (Å²) in [6, 6.07) is 11.9. The third kappa shape index (κ3) is 7.41. The first-order valence-corrected chi connectivity index (χ1v) is 10.8. The summed E-state index contributed by atoms with van der Waals surface area (Å²) >= 11 is 0. The van der Waals surface area contributed by atoms with E-state index >= 15 is 0 Å². The largest absolute Gasteiger partial charge is 0.493 e. The van der Waals surface area contributed by atoms with Crippen LogP contribution in [-0.4, -0.2) is 64.1 Å². The molecule has 1 aliphatic rings. The Kier molecular flexibility index (Phi) is 9.40. The van der Waals surface area contributed by atoms with Crippen molar-refractivity contribution in [3.05, 3.63) is 48.2 Å². The molecule has 2 N–H and O–H groups in total. The second-order valence-corrected chi connectivity index (χ2v) is 7.13. The van der Waals surface area contributed by atoms with E-state index in [1.165, 1.54) is 0 Å². The van der Waals surface area contributed by atoms with E-state index in [1.807, 2.05) is 36.5 Å². The fraction of sp³-hybridized carbons (Fsp3) is 0.478. The molecule has 0 atom stereocenters. The van der Waals surface area contributed by atoms with Gasteiger partial charge in [-0.05, 0) is 25.1 Å². The van der Waals surface area contributed by atoms with E-state index < -0.39 is 0 Å². The van der Waals surface area contributed by atoms with Gasteiger partial charge in [0.15, 0.2) is 5.96 Å². The lowest BCUT2D eigenvalue weighted by Gasteiger charge is -2.29. The van der Waals surface area contributed by atoms with Gasteiger partial charge in [-0.2, -0.15) is 0 Å². The van der Waals surface area contributed by atoms with Crippen LogP contribution in [0.15, 0.2) is 47.6 Å². The highest BCUT2D eigenvalue weighted by Crippen LogP contribution is 2.20. The molecule has 1 aromatic carbocycles. The Morgan fingerprint density at radius 3 is 2.87 bits per heavy atom. The number of nitrogens with zero attached hydrogens (tertiary/aromatic N) is 3. The van der Waals surface area contributed by atoms with Gasteiger partial charge in [0.1, 0.15) is 11.6 Å². The minimum absolute atomic E-state index is 0.531. The maximum atomic E-state index is 5.80. The van der Waals surface area contributed by atoms with Gasteiger partial charge in [0, 0.05) is 63.3 Å². The lowest BCUT2D eigenvalue weighted by molar-refractivity contribution is 0.122. The van der Waals surface area contributed by atoms with Crippen molar-refractivity contribution >= 4 is 17.5 Å². The van der Waals surface area contributed by atoms with Crippen LogP contribution in [0, 0.1) is 0 Å². The summed E-state index contributed by atoms with van der Waals surface area (Å²) in [5, 5.41) is 6.68. The maximum Gasteiger partial charge on any atom is 0.196 e. The zero-order valence-corrected chi connectivity index (χ0v) is 18.5. The van der Waals surface area contributed by atoms with Gasteiger partial charge < -0.3 is 29.7 Å². The highest BCUT2D eigenvalue weighted by Gasteiger charge is 2.15. The van der Waals surface area contributed by atoms with Crippen LogP contribution in [0.5, 0.6) is 5.75 Å². The number of hydrogen-bond acceptors (Lipinski definition) is 6. The lowest BCUT2D eigenvalue weighted by Crippen LogP contribution is -2.37. The fourth-order valence-corrected chi connectivity index (χ4v) is 3.28. The minimum Gasteiger partial charge on any atom is -0.493 e. The van der Waals surface area contributed by atoms with Crippen molar-refractivity contribution in [1.29, 1.82) is 0 Å². The summed E-state index contributed by atoms with van der Waals surface area (Å²) in [7, 11) is 1.70. The Bertz CT molecular complexity index is 824. The second-order valence-electron chi connectivity index (χ2n) is 7.13. The molecule has 2 aromatic rings. The van der Waals surface area contributed by atoms with Crippen LogP contribution in [0.3, 0.4) is 0 Å². The number of nitrogens with one attached hydrogen (secondary N) is 2. The summed E-state index contributed by atoms with van der Waals surface area (Å²) in [5.41, 5.74) is 2.01. The van der Waals surface area contributed by atoms with Gasteiger partial charge in [-0.3, -0.25) is 0 Å². The van der Waals surface area contributed by atoms with Gasteiger partial charge in [-0.1, -0.05) is 12.1 Å². The van der Waals surface area contributed by atoms with Crippen molar-refractivity contribution in [2.45, 2.75) is 19.9 Å². The Morgan fingerprint density at radius 1 is 1.19 bits per heavy atom. The number of benzene rings is 1. The smallest absolute Gasteiger partial charge is 0.196 e. The van der Waals surface area contributed by atoms with E-state index in [0.717, 1.165) is 68.0 Å². The molecule has 0 spiro atoms. The predicted molar refractivity (Wildman–Crippen MR) is 124 cm³/mol. The SMILES string of the molecule is CCNC(=NCc1cccnc1N1CCOCC1)Nc1cccc(OCCCOC)c1. The van der Waals surface area contributed by atoms with Gasteiger partial charge in [-0.15, -0.1) is 0 Å². The molecule has 0 aliphatic carbocycles. The molecule has 31 heavy (non-hydrogen) atoms. The van der Waals surface area contributed by atoms with Crippen molar-refractivity contribution in [2.75, 3.05) is 63.4 Å². The van der Waals surface area contributed by atoms with Gasteiger partial charge in [0.2, 0.25) is 0 Å². The fourth-order valence-electron chi connectivity index (χ4n) is 3.28. The van der Waals surface area contributed by atoms with Gasteiger partial charge in [0.05, 0.1) is 26.4 Å². The van der Waals surface area contributed by atoms with Crippen LogP contribution in [0.2, 0.25) is 0 Å². The van der Waals surface area contributed by atoms with E-state index in [1.54, 1.807) is 7.11 Å². The zero-order chi connectivity index (χ0) is 21.7. The average Bonchev–Trinajstić information content (AvgIpc) is 2.81. The number of hydrogen-bond donors (Lipinski definition) is 2. The second kappa shape index (κ2) is 12.8. The molecule has 2 heterocycles. The summed E-state index contributed by atoms with van der Waals surface area (Å²) in [4.78, 5) is 11.7. The van der Waals surface area contributed by atoms with E-state index in [-0.39, 0.29) is 0 Å². The third-order valence-electron chi connectivity index (χ3n) is 4.79. The Labute approximate surface area is 184 Å². The van der Waals surface area contributed by atoms with Crippen LogP contribution >= 0.6 is 0 Å². The van der Waals surface area contributed by atoms with E-state index in [4.69, 9.17) is 19.2 Å². The van der Waals surface area contributed by atoms with E-state index in [2.05, 4.69) is 33.5 Å². The summed E-state index contributed by atoms with van der Waals surface area (Å²) in [6.07, 6.45) is 2.69. The average molecular weight is 428 g/mol. The first kappa shape index (κ1) is 22.8. The molecule has 1 aromatic heterocycles. The van der Waals surface area contributed by atoms with Crippen molar-refractivity contribution in [2.24, 2.45) is 4.99 Å². The predicted octanol–water partition coefficient (Wildman–Crippen LogP) is 2.91. The molecule has 3 rings (SSSR count). The molecule has 168 valence electrons. The minimum atomic E-state index is 0.531. The first-order valence-electron chi connectivity index (χ1n) is 10.8. The number of morpholine rings is 1. The summed E-state index contributed by atoms with van der Waals surface area (Å²) < 4.78 is 16.3. The monoisotopic (exact) mass is 427 g/mol. The van der Waals surface area contributed by atoms with Crippen molar-refractivity contribution < 1.29 is 14.2 Å². The summed E-state index contributed by atoms with van der Waals surface area (Å²) in [6.45, 7) is 7.82. The van der Waals surface area contributed by atoms with E-state index in [0.29, 0.717) is 19.8 Å². The first-order chi connectivity index (χ1) is 15.3. The Balaban J connectivity index is 1.66. The standard InChI is InChI=1S/C23H33N5O3/c1-3-24-23(27-20-8-4-9-21(17-20)31-14-6-13-29-2)26-18-19-7-5-10-25-22(19)28-11-15-30-16-12-28/h4-5,7-10,17H,3,6,11-16,18H2,1-2H3,(H2,24,26,27). The molecular weight excluding hydrogens is 394 g/mol. The molecule has 8 heteroatoms. The highest BCUT2D eigenvalue weighted by molar-refractivity contribution is 5.93. The molecule has 8 nitrogen and oxygen atoms in total. The van der Waals surface area contributed by atoms with Crippen molar-refractivity contribution in [1.82, 2.24) is 10.3 Å². The molecule has 1 saturated heterocycles. The number of pyridine rings is 1. The van der Waals surface area contributed by atoms with Crippen molar-refractivity contribution in [3.8, 4) is 5.75 Å². The van der Waals surface area contributed by atoms with Crippen molar-refractivity contribution in [3.63, 3.8) is 0 Å². The quantitative estimate of drug-likeness (QED) is 0.343.